The number of benzene rings is 2. The summed E-state index contributed by atoms with van der Waals surface area (Å²) in [6, 6.07) is 14.8. The monoisotopic (exact) mass is 799 g/mol. The lowest BCUT2D eigenvalue weighted by Gasteiger charge is -2.31. The second-order valence-corrected chi connectivity index (χ2v) is 17.7. The quantitative estimate of drug-likeness (QED) is 0.274. The van der Waals surface area contributed by atoms with E-state index in [-0.39, 0.29) is 37.6 Å². The third-order valence-electron chi connectivity index (χ3n) is 11.5. The Labute approximate surface area is 334 Å². The summed E-state index contributed by atoms with van der Waals surface area (Å²) >= 11 is 0. The predicted octanol–water partition coefficient (Wildman–Crippen LogP) is 5.28. The highest BCUT2D eigenvalue weighted by Crippen LogP contribution is 2.35. The number of hydrogen-bond acceptors (Lipinski definition) is 9. The number of pyridine rings is 1. The number of carbonyl (C=O) groups excluding carboxylic acids is 4. The van der Waals surface area contributed by atoms with Gasteiger partial charge in [-0.1, -0.05) is 55.3 Å². The van der Waals surface area contributed by atoms with Crippen LogP contribution in [0.5, 0.6) is 11.5 Å². The number of rotatable bonds is 9. The minimum Gasteiger partial charge on any atom is -0.497 e. The molecule has 0 bridgehead atoms. The third-order valence-corrected chi connectivity index (χ3v) is 13.3. The minimum absolute atomic E-state index is 0.0520. The SMILES string of the molecule is COc1ccc2c(OC3CC4C(=O)NC(C(=O)NS(=O)(=O)C5CC5)C/C=C/CCCCCC(CC(=O)N5CCCCC5)C(=O)N4C3)cc(-c3ccccc3)nc2c1. The molecule has 4 heterocycles. The van der Waals surface area contributed by atoms with Gasteiger partial charge in [0.1, 0.15) is 29.7 Å². The number of ether oxygens (including phenoxy) is 2. The van der Waals surface area contributed by atoms with Gasteiger partial charge in [-0.05, 0) is 69.9 Å². The van der Waals surface area contributed by atoms with Crippen molar-refractivity contribution in [1.29, 1.82) is 0 Å². The summed E-state index contributed by atoms with van der Waals surface area (Å²) in [5, 5.41) is 2.92. The van der Waals surface area contributed by atoms with Crippen LogP contribution in [0, 0.1) is 5.92 Å². The van der Waals surface area contributed by atoms with Gasteiger partial charge >= 0.3 is 0 Å². The Hall–Kier alpha value is -4.98. The minimum atomic E-state index is -3.87. The van der Waals surface area contributed by atoms with Crippen molar-refractivity contribution < 1.29 is 37.1 Å². The van der Waals surface area contributed by atoms with Crippen LogP contribution in [0.2, 0.25) is 0 Å². The topological polar surface area (TPSA) is 164 Å². The lowest BCUT2D eigenvalue weighted by molar-refractivity contribution is -0.145. The Bertz CT molecular complexity index is 2080. The number of aromatic nitrogens is 1. The van der Waals surface area contributed by atoms with Crippen LogP contribution < -0.4 is 19.5 Å². The summed E-state index contributed by atoms with van der Waals surface area (Å²) in [7, 11) is -2.28. The molecule has 57 heavy (non-hydrogen) atoms. The molecule has 2 saturated heterocycles. The van der Waals surface area contributed by atoms with Crippen LogP contribution in [0.1, 0.15) is 83.5 Å². The van der Waals surface area contributed by atoms with Crippen molar-refractivity contribution in [2.45, 2.75) is 107 Å². The lowest BCUT2D eigenvalue weighted by Crippen LogP contribution is -2.54. The molecule has 1 aromatic heterocycles. The molecule has 1 saturated carbocycles. The molecule has 3 aromatic rings. The standard InChI is InChI=1S/C43H53N5O8S/c1-55-31-18-21-34-37(25-31)44-36(29-14-9-6-10-15-29)27-39(34)56-32-26-38-42(51)45-35(41(50)46-57(53,54)33-19-20-33)17-11-5-3-2-4-8-16-30(43(52)48(38)28-32)24-40(49)47-22-12-7-13-23-47/h5-6,9-11,14-15,18,21,25,27,30,32-33,35,38H,2-4,7-8,12-13,16-17,19-20,22-24,26,28H2,1H3,(H,45,51)(H,46,50)/b11-5+. The van der Waals surface area contributed by atoms with Crippen LogP contribution in [0.3, 0.4) is 0 Å². The van der Waals surface area contributed by atoms with Gasteiger partial charge in [-0.15, -0.1) is 0 Å². The zero-order valence-electron chi connectivity index (χ0n) is 32.6. The molecule has 3 fully saturated rings. The van der Waals surface area contributed by atoms with Gasteiger partial charge in [0.15, 0.2) is 0 Å². The number of sulfonamides is 1. The van der Waals surface area contributed by atoms with Gasteiger partial charge in [-0.25, -0.2) is 13.4 Å². The average molecular weight is 800 g/mol. The molecule has 14 heteroatoms. The molecular weight excluding hydrogens is 747 g/mol. The van der Waals surface area contributed by atoms with Crippen molar-refractivity contribution in [3.8, 4) is 22.8 Å². The molecule has 4 aliphatic rings. The largest absolute Gasteiger partial charge is 0.497 e. The summed E-state index contributed by atoms with van der Waals surface area (Å²) in [6.07, 6.45) is 10.9. The highest BCUT2D eigenvalue weighted by molar-refractivity contribution is 7.90. The second kappa shape index (κ2) is 18.1. The van der Waals surface area contributed by atoms with Gasteiger partial charge in [-0.3, -0.25) is 23.9 Å². The molecule has 1 aliphatic carbocycles. The van der Waals surface area contributed by atoms with E-state index >= 15 is 0 Å². The van der Waals surface area contributed by atoms with Crippen molar-refractivity contribution in [3.63, 3.8) is 0 Å². The van der Waals surface area contributed by atoms with E-state index in [1.807, 2.05) is 65.6 Å². The molecule has 0 spiro atoms. The summed E-state index contributed by atoms with van der Waals surface area (Å²) in [5.41, 5.74) is 2.20. The molecule has 13 nitrogen and oxygen atoms in total. The third kappa shape index (κ3) is 9.95. The number of nitrogens with one attached hydrogen (secondary N) is 2. The van der Waals surface area contributed by atoms with E-state index in [9.17, 15) is 27.6 Å². The van der Waals surface area contributed by atoms with Gasteiger partial charge in [0.25, 0.3) is 5.91 Å². The number of piperidine rings is 1. The first-order valence-electron chi connectivity index (χ1n) is 20.4. The second-order valence-electron chi connectivity index (χ2n) is 15.7. The molecule has 4 unspecified atom stereocenters. The highest BCUT2D eigenvalue weighted by Gasteiger charge is 2.45. The van der Waals surface area contributed by atoms with E-state index in [0.717, 1.165) is 55.9 Å². The Kier molecular flexibility index (Phi) is 12.8. The molecule has 4 amide bonds. The Morgan fingerprint density at radius 2 is 1.70 bits per heavy atom. The van der Waals surface area contributed by atoms with Crippen molar-refractivity contribution in [3.05, 3.63) is 66.7 Å². The van der Waals surface area contributed by atoms with Crippen molar-refractivity contribution >= 4 is 44.6 Å². The number of fused-ring (bicyclic) bond motifs is 2. The normalized spacial score (nSPS) is 24.4. The Morgan fingerprint density at radius 3 is 2.46 bits per heavy atom. The van der Waals surface area contributed by atoms with Gasteiger partial charge in [0, 0.05) is 54.9 Å². The van der Waals surface area contributed by atoms with Crippen molar-refractivity contribution in [2.75, 3.05) is 26.7 Å². The summed E-state index contributed by atoms with van der Waals surface area (Å²) in [6.45, 7) is 1.42. The number of likely N-dealkylation sites (tertiary alicyclic amines) is 1. The number of amides is 4. The Morgan fingerprint density at radius 1 is 0.930 bits per heavy atom. The van der Waals surface area contributed by atoms with Crippen LogP contribution in [-0.2, 0) is 29.2 Å². The predicted molar refractivity (Wildman–Crippen MR) is 216 cm³/mol. The first kappa shape index (κ1) is 40.2. The maximum absolute atomic E-state index is 14.8. The first-order valence-corrected chi connectivity index (χ1v) is 21.9. The van der Waals surface area contributed by atoms with Gasteiger partial charge in [-0.2, -0.15) is 0 Å². The fraction of sp³-hybridized carbons (Fsp3) is 0.512. The molecule has 304 valence electrons. The lowest BCUT2D eigenvalue weighted by atomic mass is 9.94. The number of methoxy groups -OCH3 is 1. The van der Waals surface area contributed by atoms with Crippen LogP contribution >= 0.6 is 0 Å². The van der Waals surface area contributed by atoms with E-state index in [2.05, 4.69) is 10.0 Å². The Balaban J connectivity index is 1.20. The average Bonchev–Trinajstić information content (AvgIpc) is 4.01. The smallest absolute Gasteiger partial charge is 0.256 e. The van der Waals surface area contributed by atoms with Gasteiger partial charge < -0.3 is 24.6 Å². The fourth-order valence-electron chi connectivity index (χ4n) is 8.09. The van der Waals surface area contributed by atoms with E-state index in [1.165, 1.54) is 4.90 Å². The van der Waals surface area contributed by atoms with E-state index in [4.69, 9.17) is 14.5 Å². The maximum Gasteiger partial charge on any atom is 0.256 e. The molecule has 7 rings (SSSR count). The van der Waals surface area contributed by atoms with Gasteiger partial charge in [0.05, 0.1) is 30.1 Å². The zero-order valence-corrected chi connectivity index (χ0v) is 33.4. The zero-order chi connectivity index (χ0) is 39.9. The van der Waals surface area contributed by atoms with Crippen LogP contribution in [0.25, 0.3) is 22.2 Å². The summed E-state index contributed by atoms with van der Waals surface area (Å²) < 4.78 is 40.0. The van der Waals surface area contributed by atoms with Crippen molar-refractivity contribution in [2.24, 2.45) is 5.92 Å². The number of allylic oxidation sites excluding steroid dienone is 1. The van der Waals surface area contributed by atoms with E-state index in [1.54, 1.807) is 13.2 Å². The molecule has 3 aliphatic heterocycles. The van der Waals surface area contributed by atoms with Crippen LogP contribution in [0.15, 0.2) is 66.7 Å². The number of nitrogens with zero attached hydrogens (tertiary/aromatic N) is 3. The highest BCUT2D eigenvalue weighted by atomic mass is 32.2. The van der Waals surface area contributed by atoms with Crippen LogP contribution in [-0.4, -0.2) is 97.0 Å². The molecule has 2 N–H and O–H groups in total. The maximum atomic E-state index is 14.8. The molecule has 2 aromatic carbocycles. The molecule has 0 radical (unpaired) electrons. The van der Waals surface area contributed by atoms with Crippen molar-refractivity contribution in [1.82, 2.24) is 24.8 Å². The van der Waals surface area contributed by atoms with E-state index in [0.29, 0.717) is 55.1 Å². The summed E-state index contributed by atoms with van der Waals surface area (Å²) in [5.74, 6) is -1.25. The van der Waals surface area contributed by atoms with Gasteiger partial charge in [0.2, 0.25) is 27.7 Å². The molecular formula is C43H53N5O8S. The first-order chi connectivity index (χ1) is 27.6. The fourth-order valence-corrected chi connectivity index (χ4v) is 9.44. The van der Waals surface area contributed by atoms with E-state index < -0.39 is 51.2 Å². The summed E-state index contributed by atoms with van der Waals surface area (Å²) in [4.78, 5) is 64.5. The number of carbonyl (C=O) groups is 4. The number of hydrogen-bond donors (Lipinski definition) is 2. The molecule has 4 atom stereocenters. The van der Waals surface area contributed by atoms with Crippen LogP contribution in [0.4, 0.5) is 0 Å².